The smallest absolute Gasteiger partial charge is 0.154 e. The minimum atomic E-state index is 0.533. The van der Waals surface area contributed by atoms with Crippen molar-refractivity contribution in [2.24, 2.45) is 0 Å². The highest BCUT2D eigenvalue weighted by Crippen LogP contribution is 2.25. The number of hydrogen-bond acceptors (Lipinski definition) is 3. The van der Waals surface area contributed by atoms with E-state index in [9.17, 15) is 4.79 Å². The Morgan fingerprint density at radius 1 is 1.22 bits per heavy atom. The number of benzene rings is 1. The molecule has 3 rings (SSSR count). The summed E-state index contributed by atoms with van der Waals surface area (Å²) in [6.07, 6.45) is 5.76. The summed E-state index contributed by atoms with van der Waals surface area (Å²) in [4.78, 5) is 15.2. The summed E-state index contributed by atoms with van der Waals surface area (Å²) < 4.78 is 1.64. The lowest BCUT2D eigenvalue weighted by molar-refractivity contribution is 0.112. The molecule has 0 fully saturated rings. The molecule has 0 saturated heterocycles. The molecule has 0 amide bonds. The van der Waals surface area contributed by atoms with Crippen LogP contribution in [0, 0.1) is 0 Å². The fraction of sp³-hybridized carbons (Fsp3) is 0. The molecule has 0 unspecified atom stereocenters. The summed E-state index contributed by atoms with van der Waals surface area (Å²) in [5, 5.41) is 5.04. The average Bonchev–Trinajstić information content (AvgIpc) is 2.78. The molecule has 0 N–H and O–H groups in total. The molecule has 5 heteroatoms. The lowest BCUT2D eigenvalue weighted by Gasteiger charge is -1.97. The Kier molecular flexibility index (Phi) is 2.57. The normalized spacial score (nSPS) is 10.7. The van der Waals surface area contributed by atoms with Gasteiger partial charge in [0, 0.05) is 23.0 Å². The monoisotopic (exact) mass is 257 g/mol. The molecular formula is C13H8ClN3O. The van der Waals surface area contributed by atoms with E-state index < -0.39 is 0 Å². The van der Waals surface area contributed by atoms with E-state index in [1.54, 1.807) is 35.2 Å². The largest absolute Gasteiger partial charge is 0.298 e. The molecule has 3 aromatic rings. The van der Waals surface area contributed by atoms with Crippen molar-refractivity contribution < 1.29 is 4.79 Å². The molecule has 0 aliphatic heterocycles. The lowest BCUT2D eigenvalue weighted by atomic mass is 10.1. The van der Waals surface area contributed by atoms with E-state index in [-0.39, 0.29) is 0 Å². The van der Waals surface area contributed by atoms with Crippen LogP contribution in [0.5, 0.6) is 0 Å². The number of carbonyl (C=O) groups is 1. The third-order valence-electron chi connectivity index (χ3n) is 2.71. The second-order valence-electron chi connectivity index (χ2n) is 3.79. The van der Waals surface area contributed by atoms with Crippen LogP contribution in [0.4, 0.5) is 0 Å². The number of hydrogen-bond donors (Lipinski definition) is 0. The molecule has 0 radical (unpaired) electrons. The van der Waals surface area contributed by atoms with Gasteiger partial charge in [-0.1, -0.05) is 23.7 Å². The van der Waals surface area contributed by atoms with Crippen molar-refractivity contribution in [1.82, 2.24) is 14.6 Å². The Hall–Kier alpha value is -2.20. The fourth-order valence-electron chi connectivity index (χ4n) is 1.85. The number of aldehydes is 1. The van der Waals surface area contributed by atoms with E-state index in [2.05, 4.69) is 10.1 Å². The highest BCUT2D eigenvalue weighted by molar-refractivity contribution is 6.30. The lowest BCUT2D eigenvalue weighted by Crippen LogP contribution is -1.86. The average molecular weight is 258 g/mol. The number of aromatic nitrogens is 3. The van der Waals surface area contributed by atoms with E-state index >= 15 is 0 Å². The molecule has 0 atom stereocenters. The molecule has 0 aliphatic carbocycles. The molecule has 88 valence electrons. The highest BCUT2D eigenvalue weighted by Gasteiger charge is 2.13. The number of halogens is 1. The van der Waals surface area contributed by atoms with Crippen molar-refractivity contribution in [3.05, 3.63) is 53.4 Å². The quantitative estimate of drug-likeness (QED) is 0.663. The predicted octanol–water partition coefficient (Wildman–Crippen LogP) is 2.86. The summed E-state index contributed by atoms with van der Waals surface area (Å²) in [5.41, 5.74) is 2.71. The molecule has 4 nitrogen and oxygen atoms in total. The number of nitrogens with zero attached hydrogens (tertiary/aromatic N) is 3. The maximum Gasteiger partial charge on any atom is 0.154 e. The van der Waals surface area contributed by atoms with Crippen LogP contribution in [-0.4, -0.2) is 20.9 Å². The van der Waals surface area contributed by atoms with Crippen molar-refractivity contribution in [3.8, 4) is 11.3 Å². The number of rotatable bonds is 2. The molecule has 0 spiro atoms. The second-order valence-corrected chi connectivity index (χ2v) is 4.23. The van der Waals surface area contributed by atoms with E-state index in [4.69, 9.17) is 11.6 Å². The Balaban J connectivity index is 2.28. The van der Waals surface area contributed by atoms with E-state index in [1.165, 1.54) is 0 Å². The van der Waals surface area contributed by atoms with Gasteiger partial charge in [-0.25, -0.2) is 4.52 Å². The Morgan fingerprint density at radius 2 is 2.00 bits per heavy atom. The first-order valence-electron chi connectivity index (χ1n) is 5.33. The maximum absolute atomic E-state index is 11.2. The van der Waals surface area contributed by atoms with Gasteiger partial charge in [-0.05, 0) is 12.1 Å². The standard InChI is InChI=1S/C13H8ClN3O/c14-10-3-1-9(2-4-10)13-11(8-18)12-7-15-5-6-17(12)16-13/h1-8H. The third-order valence-corrected chi connectivity index (χ3v) is 2.96. The van der Waals surface area contributed by atoms with Gasteiger partial charge in [0.25, 0.3) is 0 Å². The summed E-state index contributed by atoms with van der Waals surface area (Å²) >= 11 is 5.85. The van der Waals surface area contributed by atoms with Crippen molar-refractivity contribution in [2.45, 2.75) is 0 Å². The van der Waals surface area contributed by atoms with E-state index in [1.807, 2.05) is 12.1 Å². The van der Waals surface area contributed by atoms with Crippen LogP contribution >= 0.6 is 11.6 Å². The van der Waals surface area contributed by atoms with Gasteiger partial charge >= 0.3 is 0 Å². The molecule has 0 aliphatic rings. The minimum Gasteiger partial charge on any atom is -0.298 e. The van der Waals surface area contributed by atoms with Gasteiger partial charge in [-0.2, -0.15) is 5.10 Å². The minimum absolute atomic E-state index is 0.533. The maximum atomic E-state index is 11.2. The molecule has 2 aromatic heterocycles. The van der Waals surface area contributed by atoms with Crippen LogP contribution in [-0.2, 0) is 0 Å². The van der Waals surface area contributed by atoms with Gasteiger partial charge in [0.1, 0.15) is 5.69 Å². The SMILES string of the molecule is O=Cc1c(-c2ccc(Cl)cc2)nn2ccncc12. The van der Waals surface area contributed by atoms with Crippen LogP contribution in [0.25, 0.3) is 16.8 Å². The van der Waals surface area contributed by atoms with Gasteiger partial charge in [-0.15, -0.1) is 0 Å². The van der Waals surface area contributed by atoms with Gasteiger partial charge in [0.05, 0.1) is 17.3 Å². The van der Waals surface area contributed by atoms with Crippen LogP contribution < -0.4 is 0 Å². The van der Waals surface area contributed by atoms with Gasteiger partial charge in [0.15, 0.2) is 6.29 Å². The van der Waals surface area contributed by atoms with E-state index in [0.29, 0.717) is 21.8 Å². The van der Waals surface area contributed by atoms with E-state index in [0.717, 1.165) is 11.8 Å². The number of fused-ring (bicyclic) bond motifs is 1. The topological polar surface area (TPSA) is 47.3 Å². The number of carbonyl (C=O) groups excluding carboxylic acids is 1. The zero-order valence-corrected chi connectivity index (χ0v) is 10.0. The first-order chi connectivity index (χ1) is 8.79. The zero-order chi connectivity index (χ0) is 12.5. The summed E-state index contributed by atoms with van der Waals surface area (Å²) in [6, 6.07) is 7.22. The van der Waals surface area contributed by atoms with Gasteiger partial charge in [0.2, 0.25) is 0 Å². The molecule has 1 aromatic carbocycles. The van der Waals surface area contributed by atoms with Gasteiger partial charge < -0.3 is 0 Å². The van der Waals surface area contributed by atoms with Crippen molar-refractivity contribution >= 4 is 23.4 Å². The van der Waals surface area contributed by atoms with Crippen molar-refractivity contribution in [3.63, 3.8) is 0 Å². The van der Waals surface area contributed by atoms with Crippen LogP contribution in [0.1, 0.15) is 10.4 Å². The van der Waals surface area contributed by atoms with Crippen LogP contribution in [0.15, 0.2) is 42.9 Å². The first kappa shape index (κ1) is 10.9. The Bertz CT molecular complexity index is 719. The summed E-state index contributed by atoms with van der Waals surface area (Å²) in [7, 11) is 0. The molecular weight excluding hydrogens is 250 g/mol. The second kappa shape index (κ2) is 4.23. The predicted molar refractivity (Wildman–Crippen MR) is 68.8 cm³/mol. The summed E-state index contributed by atoms with van der Waals surface area (Å²) in [6.45, 7) is 0. The molecule has 0 saturated carbocycles. The molecule has 0 bridgehead atoms. The third kappa shape index (κ3) is 1.67. The fourth-order valence-corrected chi connectivity index (χ4v) is 1.98. The van der Waals surface area contributed by atoms with Crippen molar-refractivity contribution in [1.29, 1.82) is 0 Å². The molecule has 2 heterocycles. The zero-order valence-electron chi connectivity index (χ0n) is 9.25. The molecule has 18 heavy (non-hydrogen) atoms. The van der Waals surface area contributed by atoms with Crippen LogP contribution in [0.2, 0.25) is 5.02 Å². The Labute approximate surface area is 108 Å². The van der Waals surface area contributed by atoms with Crippen LogP contribution in [0.3, 0.4) is 0 Å². The Morgan fingerprint density at radius 3 is 2.72 bits per heavy atom. The summed E-state index contributed by atoms with van der Waals surface area (Å²) in [5.74, 6) is 0. The van der Waals surface area contributed by atoms with Crippen molar-refractivity contribution in [2.75, 3.05) is 0 Å². The van der Waals surface area contributed by atoms with Gasteiger partial charge in [-0.3, -0.25) is 9.78 Å². The highest BCUT2D eigenvalue weighted by atomic mass is 35.5. The first-order valence-corrected chi connectivity index (χ1v) is 5.71.